The normalized spacial score (nSPS) is 23.9. The fourth-order valence-electron chi connectivity index (χ4n) is 3.40. The molecule has 158 valence electrons. The largest absolute Gasteiger partial charge is 0.387 e. The van der Waals surface area contributed by atoms with Gasteiger partial charge < -0.3 is 20.3 Å². The van der Waals surface area contributed by atoms with Crippen molar-refractivity contribution in [3.8, 4) is 0 Å². The zero-order valence-corrected chi connectivity index (χ0v) is 17.9. The number of thioether (sulfide) groups is 2. The van der Waals surface area contributed by atoms with Crippen LogP contribution in [-0.2, 0) is 4.74 Å². The lowest BCUT2D eigenvalue weighted by Crippen LogP contribution is -2.35. The third-order valence-corrected chi connectivity index (χ3v) is 7.53. The Bertz CT molecular complexity index is 1030. The summed E-state index contributed by atoms with van der Waals surface area (Å²) in [5, 5.41) is 23.9. The standard InChI is InChI=1S/C19H21N5O4S2/c1-29-19(30-2)14-12(25)13(26)18(28-14)24-9-22-11-15(20-8-21-16(11)24)23-17(27)10-6-4-3-5-7-10/h3-9,12-14,18-19,25-26H,1-2H3,(H,20,21,23,27)/t12-,13+,14-,18+/m0/s1. The Balaban J connectivity index is 1.63. The number of rotatable bonds is 6. The van der Waals surface area contributed by atoms with Crippen molar-refractivity contribution in [3.63, 3.8) is 0 Å². The van der Waals surface area contributed by atoms with Gasteiger partial charge in [0.2, 0.25) is 0 Å². The number of nitrogens with zero attached hydrogens (tertiary/aromatic N) is 4. The summed E-state index contributed by atoms with van der Waals surface area (Å²) < 4.78 is 7.53. The van der Waals surface area contributed by atoms with Crippen LogP contribution in [0.2, 0.25) is 0 Å². The summed E-state index contributed by atoms with van der Waals surface area (Å²) in [5.74, 6) is -0.0659. The number of carbonyl (C=O) groups excluding carboxylic acids is 1. The summed E-state index contributed by atoms with van der Waals surface area (Å²) in [6.45, 7) is 0. The number of aromatic nitrogens is 4. The Labute approximate surface area is 181 Å². The van der Waals surface area contributed by atoms with E-state index in [2.05, 4.69) is 20.3 Å². The van der Waals surface area contributed by atoms with Crippen LogP contribution in [0.1, 0.15) is 16.6 Å². The van der Waals surface area contributed by atoms with Gasteiger partial charge in [-0.15, -0.1) is 23.5 Å². The molecule has 0 saturated carbocycles. The molecule has 4 atom stereocenters. The molecule has 11 heteroatoms. The molecule has 0 aliphatic carbocycles. The summed E-state index contributed by atoms with van der Waals surface area (Å²) in [6.07, 6.45) is 3.03. The maximum atomic E-state index is 12.5. The van der Waals surface area contributed by atoms with Crippen molar-refractivity contribution >= 4 is 46.4 Å². The number of hydrogen-bond donors (Lipinski definition) is 3. The zero-order valence-electron chi connectivity index (χ0n) is 16.2. The first-order chi connectivity index (χ1) is 14.5. The number of ether oxygens (including phenoxy) is 1. The van der Waals surface area contributed by atoms with Crippen LogP contribution < -0.4 is 5.32 Å². The van der Waals surface area contributed by atoms with Crippen molar-refractivity contribution in [2.75, 3.05) is 17.8 Å². The van der Waals surface area contributed by atoms with Gasteiger partial charge >= 0.3 is 0 Å². The van der Waals surface area contributed by atoms with Gasteiger partial charge in [0.25, 0.3) is 5.91 Å². The second-order valence-corrected chi connectivity index (χ2v) is 8.94. The van der Waals surface area contributed by atoms with E-state index in [1.807, 2.05) is 18.6 Å². The molecule has 1 aliphatic heterocycles. The number of amides is 1. The van der Waals surface area contributed by atoms with E-state index in [4.69, 9.17) is 4.74 Å². The first-order valence-electron chi connectivity index (χ1n) is 9.16. The molecule has 2 aromatic heterocycles. The van der Waals surface area contributed by atoms with E-state index < -0.39 is 24.5 Å². The Kier molecular flexibility index (Phi) is 6.25. The first kappa shape index (κ1) is 21.1. The molecule has 0 bridgehead atoms. The molecular formula is C19H21N5O4S2. The third kappa shape index (κ3) is 3.79. The van der Waals surface area contributed by atoms with Crippen molar-refractivity contribution in [2.24, 2.45) is 0 Å². The summed E-state index contributed by atoms with van der Waals surface area (Å²) in [7, 11) is 0. The molecular weight excluding hydrogens is 426 g/mol. The van der Waals surface area contributed by atoms with Gasteiger partial charge in [-0.1, -0.05) is 18.2 Å². The number of nitrogens with one attached hydrogen (secondary N) is 1. The Morgan fingerprint density at radius 3 is 2.57 bits per heavy atom. The highest BCUT2D eigenvalue weighted by molar-refractivity contribution is 8.16. The minimum absolute atomic E-state index is 0.0372. The van der Waals surface area contributed by atoms with Gasteiger partial charge in [0.15, 0.2) is 23.2 Å². The molecule has 1 aliphatic rings. The highest BCUT2D eigenvalue weighted by Crippen LogP contribution is 2.38. The molecule has 0 radical (unpaired) electrons. The fourth-order valence-corrected chi connectivity index (χ4v) is 5.16. The van der Waals surface area contributed by atoms with Crippen LogP contribution >= 0.6 is 23.5 Å². The molecule has 1 aromatic carbocycles. The van der Waals surface area contributed by atoms with E-state index in [-0.39, 0.29) is 16.3 Å². The Hall–Kier alpha value is -2.18. The summed E-state index contributed by atoms with van der Waals surface area (Å²) >= 11 is 3.10. The van der Waals surface area contributed by atoms with E-state index >= 15 is 0 Å². The van der Waals surface area contributed by atoms with Crippen LogP contribution in [0.4, 0.5) is 5.82 Å². The lowest BCUT2D eigenvalue weighted by Gasteiger charge is -2.22. The number of anilines is 1. The molecule has 4 rings (SSSR count). The summed E-state index contributed by atoms with van der Waals surface area (Å²) in [4.78, 5) is 25.2. The van der Waals surface area contributed by atoms with Gasteiger partial charge in [-0.3, -0.25) is 9.36 Å². The fraction of sp³-hybridized carbons (Fsp3) is 0.368. The predicted octanol–water partition coefficient (Wildman–Crippen LogP) is 1.75. The van der Waals surface area contributed by atoms with Gasteiger partial charge in [-0.2, -0.15) is 0 Å². The van der Waals surface area contributed by atoms with Gasteiger partial charge in [0.1, 0.15) is 24.6 Å². The highest BCUT2D eigenvalue weighted by Gasteiger charge is 2.47. The van der Waals surface area contributed by atoms with Crippen LogP contribution in [0.3, 0.4) is 0 Å². The quantitative estimate of drug-likeness (QED) is 0.485. The number of hydrogen-bond acceptors (Lipinski definition) is 9. The number of aliphatic hydroxyl groups excluding tert-OH is 2. The minimum Gasteiger partial charge on any atom is -0.387 e. The van der Waals surface area contributed by atoms with E-state index in [1.165, 1.54) is 12.7 Å². The molecule has 0 spiro atoms. The van der Waals surface area contributed by atoms with E-state index in [0.717, 1.165) is 0 Å². The maximum absolute atomic E-state index is 12.5. The summed E-state index contributed by atoms with van der Waals surface area (Å²) in [5.41, 5.74) is 1.24. The first-order valence-corrected chi connectivity index (χ1v) is 11.7. The van der Waals surface area contributed by atoms with Gasteiger partial charge in [-0.25, -0.2) is 15.0 Å². The number of imidazole rings is 1. The van der Waals surface area contributed by atoms with Crippen molar-refractivity contribution in [2.45, 2.75) is 29.1 Å². The Morgan fingerprint density at radius 2 is 1.87 bits per heavy atom. The van der Waals surface area contributed by atoms with Crippen LogP contribution in [-0.4, -0.2) is 71.0 Å². The van der Waals surface area contributed by atoms with Gasteiger partial charge in [-0.05, 0) is 24.6 Å². The Morgan fingerprint density at radius 1 is 1.13 bits per heavy atom. The van der Waals surface area contributed by atoms with Crippen LogP contribution in [0, 0.1) is 0 Å². The topological polar surface area (TPSA) is 122 Å². The predicted molar refractivity (Wildman–Crippen MR) is 116 cm³/mol. The number of carbonyl (C=O) groups is 1. The highest BCUT2D eigenvalue weighted by atomic mass is 32.2. The molecule has 9 nitrogen and oxygen atoms in total. The average molecular weight is 448 g/mol. The number of aliphatic hydroxyl groups is 2. The van der Waals surface area contributed by atoms with E-state index in [1.54, 1.807) is 52.4 Å². The molecule has 1 saturated heterocycles. The second-order valence-electron chi connectivity index (χ2n) is 6.68. The number of fused-ring (bicyclic) bond motifs is 1. The number of benzene rings is 1. The third-order valence-electron chi connectivity index (χ3n) is 4.91. The van der Waals surface area contributed by atoms with Crippen molar-refractivity contribution in [3.05, 3.63) is 48.5 Å². The van der Waals surface area contributed by atoms with E-state index in [0.29, 0.717) is 16.7 Å². The van der Waals surface area contributed by atoms with E-state index in [9.17, 15) is 15.0 Å². The SMILES string of the molecule is CSC(SC)[C@H]1O[C@@H](n2cnc3c(NC(=O)c4ccccc4)ncnc32)[C@H](O)[C@@H]1O. The maximum Gasteiger partial charge on any atom is 0.256 e. The lowest BCUT2D eigenvalue weighted by atomic mass is 10.1. The van der Waals surface area contributed by atoms with Gasteiger partial charge in [0.05, 0.1) is 10.9 Å². The molecule has 1 fully saturated rings. The molecule has 3 heterocycles. The van der Waals surface area contributed by atoms with Crippen molar-refractivity contribution in [1.82, 2.24) is 19.5 Å². The molecule has 1 amide bonds. The van der Waals surface area contributed by atoms with Crippen LogP contribution in [0.15, 0.2) is 43.0 Å². The lowest BCUT2D eigenvalue weighted by molar-refractivity contribution is -0.0304. The van der Waals surface area contributed by atoms with Crippen LogP contribution in [0.5, 0.6) is 0 Å². The monoisotopic (exact) mass is 447 g/mol. The second kappa shape index (κ2) is 8.90. The average Bonchev–Trinajstić information content (AvgIpc) is 3.32. The van der Waals surface area contributed by atoms with Crippen molar-refractivity contribution < 1.29 is 19.7 Å². The molecule has 3 N–H and O–H groups in total. The molecule has 3 aromatic rings. The smallest absolute Gasteiger partial charge is 0.256 e. The van der Waals surface area contributed by atoms with Crippen molar-refractivity contribution in [1.29, 1.82) is 0 Å². The zero-order chi connectivity index (χ0) is 21.3. The molecule has 0 unspecified atom stereocenters. The van der Waals surface area contributed by atoms with Crippen LogP contribution in [0.25, 0.3) is 11.2 Å². The van der Waals surface area contributed by atoms with Gasteiger partial charge in [0, 0.05) is 5.56 Å². The minimum atomic E-state index is -1.15. The summed E-state index contributed by atoms with van der Waals surface area (Å²) in [6, 6.07) is 8.77. The molecule has 30 heavy (non-hydrogen) atoms.